The van der Waals surface area contributed by atoms with Gasteiger partial charge in [0.25, 0.3) is 0 Å². The maximum absolute atomic E-state index is 11.1. The normalized spacial score (nSPS) is 11.0. The van der Waals surface area contributed by atoms with Crippen LogP contribution in [0.15, 0.2) is 72.8 Å². The fraction of sp³-hybridized carbons (Fsp3) is 0.154. The number of hydrogen-bond acceptors (Lipinski definition) is 6. The number of aromatic nitrogens is 7. The molecule has 0 radical (unpaired) electrons. The second-order valence-corrected chi connectivity index (χ2v) is 8.11. The third-order valence-electron chi connectivity index (χ3n) is 5.78. The van der Waals surface area contributed by atoms with Gasteiger partial charge in [0.15, 0.2) is 5.82 Å². The van der Waals surface area contributed by atoms with Crippen molar-refractivity contribution in [2.75, 3.05) is 0 Å². The summed E-state index contributed by atoms with van der Waals surface area (Å²) in [5.74, 6) is 1.25. The molecule has 0 aliphatic heterocycles. The zero-order valence-electron chi connectivity index (χ0n) is 19.1. The summed E-state index contributed by atoms with van der Waals surface area (Å²) in [5.41, 5.74) is 5.35. The molecule has 0 aliphatic rings. The Balaban J connectivity index is 1.38. The van der Waals surface area contributed by atoms with Gasteiger partial charge in [-0.1, -0.05) is 67.6 Å². The Kier molecular flexibility index (Phi) is 6.13. The molecule has 2 N–H and O–H groups in total. The van der Waals surface area contributed by atoms with Crippen LogP contribution in [-0.4, -0.2) is 46.5 Å². The second kappa shape index (κ2) is 9.68. The second-order valence-electron chi connectivity index (χ2n) is 8.11. The number of aryl methyl sites for hydroxylation is 1. The highest BCUT2D eigenvalue weighted by Gasteiger charge is 2.13. The van der Waals surface area contributed by atoms with E-state index in [0.717, 1.165) is 45.9 Å². The van der Waals surface area contributed by atoms with Gasteiger partial charge in [0, 0.05) is 18.4 Å². The third kappa shape index (κ3) is 4.84. The minimum Gasteiger partial charge on any atom is -0.478 e. The van der Waals surface area contributed by atoms with Crippen LogP contribution in [0.25, 0.3) is 22.5 Å². The molecule has 9 nitrogen and oxygen atoms in total. The van der Waals surface area contributed by atoms with Crippen molar-refractivity contribution in [3.8, 4) is 22.5 Å². The predicted molar refractivity (Wildman–Crippen MR) is 130 cm³/mol. The molecule has 9 heteroatoms. The van der Waals surface area contributed by atoms with Crippen molar-refractivity contribution < 1.29 is 9.90 Å². The Morgan fingerprint density at radius 2 is 1.66 bits per heavy atom. The van der Waals surface area contributed by atoms with Crippen molar-refractivity contribution in [3.63, 3.8) is 0 Å². The Hall–Kier alpha value is -4.66. The van der Waals surface area contributed by atoms with Crippen LogP contribution in [0, 0.1) is 0 Å². The standard InChI is InChI=1S/C26H23N7O2/c1-2-23-27-24(15-17-7-13-20(14-8-17)26(34)35)33(30-23)16-18-9-11-19(12-10-18)21-5-3-4-6-22(21)25-28-31-32-29-25/h3-14H,2,15-16H2,1H3,(H,34,35)(H,28,29,31,32). The van der Waals surface area contributed by atoms with Crippen molar-refractivity contribution in [1.82, 2.24) is 35.4 Å². The van der Waals surface area contributed by atoms with Crippen LogP contribution in [0.3, 0.4) is 0 Å². The van der Waals surface area contributed by atoms with Gasteiger partial charge in [-0.25, -0.2) is 14.5 Å². The van der Waals surface area contributed by atoms with Crippen molar-refractivity contribution in [2.45, 2.75) is 26.3 Å². The molecular weight excluding hydrogens is 442 g/mol. The highest BCUT2D eigenvalue weighted by atomic mass is 16.4. The molecule has 35 heavy (non-hydrogen) atoms. The van der Waals surface area contributed by atoms with Crippen molar-refractivity contribution in [3.05, 3.63) is 101 Å². The van der Waals surface area contributed by atoms with Gasteiger partial charge >= 0.3 is 5.97 Å². The Morgan fingerprint density at radius 3 is 2.31 bits per heavy atom. The quantitative estimate of drug-likeness (QED) is 0.355. The number of carboxylic acids is 1. The van der Waals surface area contributed by atoms with Gasteiger partial charge in [0.1, 0.15) is 5.82 Å². The largest absolute Gasteiger partial charge is 0.478 e. The van der Waals surface area contributed by atoms with Crippen LogP contribution in [0.2, 0.25) is 0 Å². The molecule has 0 atom stereocenters. The monoisotopic (exact) mass is 465 g/mol. The number of carbonyl (C=O) groups is 1. The van der Waals surface area contributed by atoms with Gasteiger partial charge < -0.3 is 5.11 Å². The highest BCUT2D eigenvalue weighted by Crippen LogP contribution is 2.29. The summed E-state index contributed by atoms with van der Waals surface area (Å²) in [5, 5.41) is 28.2. The van der Waals surface area contributed by atoms with E-state index in [9.17, 15) is 4.79 Å². The third-order valence-corrected chi connectivity index (χ3v) is 5.78. The van der Waals surface area contributed by atoms with Gasteiger partial charge in [-0.3, -0.25) is 0 Å². The fourth-order valence-corrected chi connectivity index (χ4v) is 3.95. The van der Waals surface area contributed by atoms with Crippen LogP contribution in [0.1, 0.15) is 40.1 Å². The molecule has 174 valence electrons. The first-order chi connectivity index (χ1) is 17.1. The topological polar surface area (TPSA) is 122 Å². The molecule has 0 saturated heterocycles. The molecule has 0 fully saturated rings. The Morgan fingerprint density at radius 1 is 0.943 bits per heavy atom. The molecule has 5 aromatic rings. The van der Waals surface area contributed by atoms with E-state index in [1.165, 1.54) is 0 Å². The van der Waals surface area contributed by atoms with Crippen LogP contribution in [0.5, 0.6) is 0 Å². The van der Waals surface area contributed by atoms with Crippen molar-refractivity contribution in [2.24, 2.45) is 0 Å². The first-order valence-corrected chi connectivity index (χ1v) is 11.3. The minimum absolute atomic E-state index is 0.269. The number of hydrogen-bond donors (Lipinski definition) is 2. The summed E-state index contributed by atoms with van der Waals surface area (Å²) in [4.78, 5) is 15.8. The smallest absolute Gasteiger partial charge is 0.335 e. The minimum atomic E-state index is -0.934. The average molecular weight is 466 g/mol. The molecule has 0 saturated carbocycles. The van der Waals surface area contributed by atoms with Gasteiger partial charge in [0.2, 0.25) is 5.82 Å². The van der Waals surface area contributed by atoms with E-state index in [-0.39, 0.29) is 5.56 Å². The van der Waals surface area contributed by atoms with Crippen LogP contribution < -0.4 is 0 Å². The number of H-pyrrole nitrogens is 1. The average Bonchev–Trinajstić information content (AvgIpc) is 3.55. The molecule has 0 aliphatic carbocycles. The van der Waals surface area contributed by atoms with E-state index >= 15 is 0 Å². The number of rotatable bonds is 8. The maximum Gasteiger partial charge on any atom is 0.335 e. The van der Waals surface area contributed by atoms with Gasteiger partial charge in [-0.05, 0) is 39.6 Å². The van der Waals surface area contributed by atoms with Gasteiger partial charge in [-0.15, -0.1) is 10.2 Å². The number of nitrogens with one attached hydrogen (secondary N) is 1. The van der Waals surface area contributed by atoms with Crippen LogP contribution in [-0.2, 0) is 19.4 Å². The highest BCUT2D eigenvalue weighted by molar-refractivity contribution is 5.87. The van der Waals surface area contributed by atoms with Crippen LogP contribution in [0.4, 0.5) is 0 Å². The first kappa shape index (κ1) is 22.1. The van der Waals surface area contributed by atoms with Gasteiger partial charge in [0.05, 0.1) is 12.1 Å². The zero-order chi connectivity index (χ0) is 24.2. The maximum atomic E-state index is 11.1. The molecule has 2 aromatic heterocycles. The van der Waals surface area contributed by atoms with Crippen molar-refractivity contribution in [1.29, 1.82) is 0 Å². The summed E-state index contributed by atoms with van der Waals surface area (Å²) in [6.45, 7) is 2.61. The van der Waals surface area contributed by atoms with E-state index in [2.05, 4.69) is 50.0 Å². The summed E-state index contributed by atoms with van der Waals surface area (Å²) < 4.78 is 1.92. The van der Waals surface area contributed by atoms with Crippen LogP contribution >= 0.6 is 0 Å². The van der Waals surface area contributed by atoms with E-state index < -0.39 is 5.97 Å². The lowest BCUT2D eigenvalue weighted by Gasteiger charge is -2.10. The molecule has 0 amide bonds. The zero-order valence-corrected chi connectivity index (χ0v) is 19.1. The summed E-state index contributed by atoms with van der Waals surface area (Å²) in [6, 6.07) is 23.2. The van der Waals surface area contributed by atoms with E-state index in [1.807, 2.05) is 48.0 Å². The SMILES string of the molecule is CCc1nc(Cc2ccc(C(=O)O)cc2)n(Cc2ccc(-c3ccccc3-c3nn[nH]n3)cc2)n1. The molecular formula is C26H23N7O2. The molecule has 0 spiro atoms. The van der Waals surface area contributed by atoms with Crippen molar-refractivity contribution >= 4 is 5.97 Å². The fourth-order valence-electron chi connectivity index (χ4n) is 3.95. The predicted octanol–water partition coefficient (Wildman–Crippen LogP) is 4.02. The lowest BCUT2D eigenvalue weighted by Crippen LogP contribution is -2.08. The van der Waals surface area contributed by atoms with E-state index in [4.69, 9.17) is 10.1 Å². The number of benzene rings is 3. The Labute approximate surface area is 201 Å². The van der Waals surface area contributed by atoms with E-state index in [1.54, 1.807) is 12.1 Å². The molecule has 5 rings (SSSR count). The molecule has 0 unspecified atom stereocenters. The van der Waals surface area contributed by atoms with E-state index in [0.29, 0.717) is 18.8 Å². The molecule has 3 aromatic carbocycles. The lowest BCUT2D eigenvalue weighted by atomic mass is 9.98. The number of carboxylic acid groups (broad SMARTS) is 1. The first-order valence-electron chi connectivity index (χ1n) is 11.3. The number of aromatic carboxylic acids is 1. The molecule has 2 heterocycles. The summed E-state index contributed by atoms with van der Waals surface area (Å²) in [6.07, 6.45) is 1.31. The summed E-state index contributed by atoms with van der Waals surface area (Å²) >= 11 is 0. The number of nitrogens with zero attached hydrogens (tertiary/aromatic N) is 6. The summed E-state index contributed by atoms with van der Waals surface area (Å²) in [7, 11) is 0. The lowest BCUT2D eigenvalue weighted by molar-refractivity contribution is 0.0697. The molecule has 0 bridgehead atoms. The number of tetrazole rings is 1. The Bertz CT molecular complexity index is 1440. The van der Waals surface area contributed by atoms with Gasteiger partial charge in [-0.2, -0.15) is 10.3 Å². The number of aromatic amines is 1.